The molecule has 0 aliphatic heterocycles. The smallest absolute Gasteiger partial charge is 0.237 e. The Balaban J connectivity index is 2.63. The molecule has 17 heavy (non-hydrogen) atoms. The van der Waals surface area contributed by atoms with Crippen molar-refractivity contribution in [1.29, 1.82) is 0 Å². The number of amides is 1. The van der Waals surface area contributed by atoms with Gasteiger partial charge in [0.05, 0.1) is 5.54 Å². The van der Waals surface area contributed by atoms with Gasteiger partial charge >= 0.3 is 0 Å². The average molecular weight is 240 g/mol. The summed E-state index contributed by atoms with van der Waals surface area (Å²) in [5, 5.41) is 3.58. The van der Waals surface area contributed by atoms with E-state index >= 15 is 0 Å². The van der Waals surface area contributed by atoms with Crippen LogP contribution in [0, 0.1) is 0 Å². The van der Waals surface area contributed by atoms with E-state index in [4.69, 9.17) is 5.73 Å². The standard InChI is InChI=1S/C14H28N2O/c1-3-5-11-14(4-2,13(15)17)16-12-9-7-6-8-10-12/h12,16H,3-11H2,1-2H3,(H2,15,17). The van der Waals surface area contributed by atoms with Gasteiger partial charge in [-0.3, -0.25) is 4.79 Å². The van der Waals surface area contributed by atoms with Crippen molar-refractivity contribution in [2.45, 2.75) is 83.2 Å². The Labute approximate surface area is 106 Å². The van der Waals surface area contributed by atoms with E-state index in [2.05, 4.69) is 19.2 Å². The molecule has 1 rings (SSSR count). The van der Waals surface area contributed by atoms with Gasteiger partial charge in [-0.2, -0.15) is 0 Å². The van der Waals surface area contributed by atoms with Gasteiger partial charge in [-0.1, -0.05) is 46.0 Å². The highest BCUT2D eigenvalue weighted by atomic mass is 16.1. The number of hydrogen-bond donors (Lipinski definition) is 2. The van der Waals surface area contributed by atoms with Gasteiger partial charge in [-0.25, -0.2) is 0 Å². The normalized spacial score (nSPS) is 21.1. The van der Waals surface area contributed by atoms with Crippen LogP contribution in [0.3, 0.4) is 0 Å². The molecule has 1 fully saturated rings. The first-order valence-electron chi connectivity index (χ1n) is 7.22. The van der Waals surface area contributed by atoms with Gasteiger partial charge in [0.2, 0.25) is 5.91 Å². The zero-order chi connectivity index (χ0) is 12.7. The lowest BCUT2D eigenvalue weighted by molar-refractivity contribution is -0.125. The Morgan fingerprint density at radius 1 is 1.29 bits per heavy atom. The lowest BCUT2D eigenvalue weighted by Crippen LogP contribution is -2.58. The number of hydrogen-bond acceptors (Lipinski definition) is 2. The van der Waals surface area contributed by atoms with Gasteiger partial charge in [0.15, 0.2) is 0 Å². The van der Waals surface area contributed by atoms with Crippen LogP contribution in [-0.2, 0) is 4.79 Å². The van der Waals surface area contributed by atoms with Gasteiger partial charge in [0.1, 0.15) is 0 Å². The third kappa shape index (κ3) is 3.98. The maximum Gasteiger partial charge on any atom is 0.237 e. The molecule has 0 bridgehead atoms. The molecule has 3 heteroatoms. The Bertz CT molecular complexity index is 236. The Hall–Kier alpha value is -0.570. The van der Waals surface area contributed by atoms with Crippen LogP contribution < -0.4 is 11.1 Å². The highest BCUT2D eigenvalue weighted by Gasteiger charge is 2.36. The van der Waals surface area contributed by atoms with E-state index in [0.717, 1.165) is 25.7 Å². The van der Waals surface area contributed by atoms with Gasteiger partial charge in [-0.05, 0) is 25.7 Å². The topological polar surface area (TPSA) is 55.1 Å². The van der Waals surface area contributed by atoms with Gasteiger partial charge in [-0.15, -0.1) is 0 Å². The van der Waals surface area contributed by atoms with Crippen LogP contribution >= 0.6 is 0 Å². The fourth-order valence-electron chi connectivity index (χ4n) is 2.84. The van der Waals surface area contributed by atoms with E-state index in [1.807, 2.05) is 0 Å². The molecule has 0 aromatic heterocycles. The molecular weight excluding hydrogens is 212 g/mol. The second kappa shape index (κ2) is 7.00. The Morgan fingerprint density at radius 3 is 2.41 bits per heavy atom. The molecular formula is C14H28N2O. The van der Waals surface area contributed by atoms with Crippen molar-refractivity contribution in [2.24, 2.45) is 5.73 Å². The minimum atomic E-state index is -0.460. The first-order chi connectivity index (χ1) is 8.14. The maximum absolute atomic E-state index is 11.8. The monoisotopic (exact) mass is 240 g/mol. The molecule has 1 unspecified atom stereocenters. The van der Waals surface area contributed by atoms with Gasteiger partial charge in [0, 0.05) is 6.04 Å². The van der Waals surface area contributed by atoms with Crippen molar-refractivity contribution in [3.63, 3.8) is 0 Å². The van der Waals surface area contributed by atoms with E-state index in [9.17, 15) is 4.79 Å². The number of carbonyl (C=O) groups is 1. The van der Waals surface area contributed by atoms with Crippen LogP contribution in [0.1, 0.15) is 71.6 Å². The van der Waals surface area contributed by atoms with E-state index < -0.39 is 5.54 Å². The van der Waals surface area contributed by atoms with Crippen molar-refractivity contribution in [3.05, 3.63) is 0 Å². The highest BCUT2D eigenvalue weighted by molar-refractivity contribution is 5.84. The summed E-state index contributed by atoms with van der Waals surface area (Å²) in [6, 6.07) is 0.494. The van der Waals surface area contributed by atoms with Crippen LogP contribution in [0.4, 0.5) is 0 Å². The number of nitrogens with one attached hydrogen (secondary N) is 1. The summed E-state index contributed by atoms with van der Waals surface area (Å²) in [6.07, 6.45) is 10.2. The summed E-state index contributed by atoms with van der Waals surface area (Å²) in [4.78, 5) is 11.8. The van der Waals surface area contributed by atoms with Gasteiger partial charge in [0.25, 0.3) is 0 Å². The summed E-state index contributed by atoms with van der Waals surface area (Å²) in [5.74, 6) is -0.168. The molecule has 1 saturated carbocycles. The molecule has 1 atom stereocenters. The predicted molar refractivity (Wildman–Crippen MR) is 71.8 cm³/mol. The fraction of sp³-hybridized carbons (Fsp3) is 0.929. The van der Waals surface area contributed by atoms with Crippen molar-refractivity contribution in [1.82, 2.24) is 5.32 Å². The minimum Gasteiger partial charge on any atom is -0.368 e. The molecule has 0 aromatic carbocycles. The largest absolute Gasteiger partial charge is 0.368 e. The molecule has 3 N–H and O–H groups in total. The van der Waals surface area contributed by atoms with Crippen LogP contribution in [0.5, 0.6) is 0 Å². The molecule has 1 amide bonds. The second-order valence-corrected chi connectivity index (χ2v) is 5.38. The third-order valence-electron chi connectivity index (χ3n) is 4.12. The summed E-state index contributed by atoms with van der Waals surface area (Å²) in [7, 11) is 0. The molecule has 0 heterocycles. The second-order valence-electron chi connectivity index (χ2n) is 5.38. The van der Waals surface area contributed by atoms with Crippen molar-refractivity contribution < 1.29 is 4.79 Å². The zero-order valence-electron chi connectivity index (χ0n) is 11.4. The SMILES string of the molecule is CCCCC(CC)(NC1CCCCC1)C(N)=O. The molecule has 0 spiro atoms. The first kappa shape index (κ1) is 14.5. The van der Waals surface area contributed by atoms with Crippen LogP contribution in [0.25, 0.3) is 0 Å². The molecule has 100 valence electrons. The summed E-state index contributed by atoms with van der Waals surface area (Å²) in [6.45, 7) is 4.22. The number of carbonyl (C=O) groups excluding carboxylic acids is 1. The predicted octanol–water partition coefficient (Wildman–Crippen LogP) is 2.73. The number of nitrogens with two attached hydrogens (primary N) is 1. The third-order valence-corrected chi connectivity index (χ3v) is 4.12. The number of rotatable bonds is 7. The van der Waals surface area contributed by atoms with Crippen molar-refractivity contribution in [2.75, 3.05) is 0 Å². The van der Waals surface area contributed by atoms with Crippen molar-refractivity contribution in [3.8, 4) is 0 Å². The molecule has 1 aliphatic rings. The van der Waals surface area contributed by atoms with E-state index in [-0.39, 0.29) is 5.91 Å². The average Bonchev–Trinajstić information content (AvgIpc) is 2.35. The van der Waals surface area contributed by atoms with Crippen LogP contribution in [-0.4, -0.2) is 17.5 Å². The van der Waals surface area contributed by atoms with Crippen molar-refractivity contribution >= 4 is 5.91 Å². The number of unbranched alkanes of at least 4 members (excludes halogenated alkanes) is 1. The highest BCUT2D eigenvalue weighted by Crippen LogP contribution is 2.24. The van der Waals surface area contributed by atoms with Crippen LogP contribution in [0.15, 0.2) is 0 Å². The lowest BCUT2D eigenvalue weighted by Gasteiger charge is -2.36. The van der Waals surface area contributed by atoms with Crippen LogP contribution in [0.2, 0.25) is 0 Å². The molecule has 0 aromatic rings. The zero-order valence-corrected chi connectivity index (χ0v) is 11.4. The van der Waals surface area contributed by atoms with E-state index in [0.29, 0.717) is 6.04 Å². The van der Waals surface area contributed by atoms with Gasteiger partial charge < -0.3 is 11.1 Å². The Kier molecular flexibility index (Phi) is 5.96. The number of primary amides is 1. The maximum atomic E-state index is 11.8. The minimum absolute atomic E-state index is 0.168. The van der Waals surface area contributed by atoms with E-state index in [1.54, 1.807) is 0 Å². The summed E-state index contributed by atoms with van der Waals surface area (Å²) in [5.41, 5.74) is 5.18. The lowest BCUT2D eigenvalue weighted by atomic mass is 9.85. The molecule has 3 nitrogen and oxygen atoms in total. The summed E-state index contributed by atoms with van der Waals surface area (Å²) >= 11 is 0. The summed E-state index contributed by atoms with van der Waals surface area (Å²) < 4.78 is 0. The fourth-order valence-corrected chi connectivity index (χ4v) is 2.84. The Morgan fingerprint density at radius 2 is 1.94 bits per heavy atom. The quantitative estimate of drug-likeness (QED) is 0.719. The first-order valence-corrected chi connectivity index (χ1v) is 7.22. The molecule has 0 saturated heterocycles. The molecule has 0 radical (unpaired) electrons. The van der Waals surface area contributed by atoms with E-state index in [1.165, 1.54) is 32.1 Å². The molecule has 1 aliphatic carbocycles.